The van der Waals surface area contributed by atoms with Crippen molar-refractivity contribution in [3.05, 3.63) is 80.5 Å². The van der Waals surface area contributed by atoms with Gasteiger partial charge < -0.3 is 0 Å². The summed E-state index contributed by atoms with van der Waals surface area (Å²) in [5.74, 6) is 0. The molecule has 0 fully saturated rings. The van der Waals surface area contributed by atoms with Crippen LogP contribution in [0, 0.1) is 41.5 Å². The molecule has 0 saturated heterocycles. The van der Waals surface area contributed by atoms with Crippen LogP contribution < -0.4 is 0 Å². The first-order chi connectivity index (χ1) is 17.3. The van der Waals surface area contributed by atoms with Crippen molar-refractivity contribution in [2.45, 2.75) is 41.5 Å². The number of hydrogen-bond acceptors (Lipinski definition) is 6. The fourth-order valence-electron chi connectivity index (χ4n) is 4.63. The first kappa shape index (κ1) is 24.5. The van der Waals surface area contributed by atoms with Crippen LogP contribution in [0.4, 0.5) is 0 Å². The molecule has 0 aromatic carbocycles. The molecule has 0 nitrogen and oxygen atoms in total. The average molecular weight is 579 g/mol. The zero-order valence-electron chi connectivity index (χ0n) is 21.1. The summed E-state index contributed by atoms with van der Waals surface area (Å²) in [6.45, 7) is 13.4. The summed E-state index contributed by atoms with van der Waals surface area (Å²) in [6.07, 6.45) is 0. The van der Waals surface area contributed by atoms with E-state index in [1.807, 2.05) is 68.0 Å². The molecule has 6 aromatic heterocycles. The van der Waals surface area contributed by atoms with Gasteiger partial charge in [0.25, 0.3) is 0 Å². The van der Waals surface area contributed by atoms with Gasteiger partial charge in [-0.2, -0.15) is 0 Å². The van der Waals surface area contributed by atoms with E-state index in [0.29, 0.717) is 0 Å². The third kappa shape index (κ3) is 4.42. The molecule has 0 aliphatic heterocycles. The van der Waals surface area contributed by atoms with Gasteiger partial charge >= 0.3 is 0 Å². The van der Waals surface area contributed by atoms with Crippen molar-refractivity contribution in [3.8, 4) is 48.8 Å². The predicted octanol–water partition coefficient (Wildman–Crippen LogP) is 12.2. The lowest BCUT2D eigenvalue weighted by molar-refractivity contribution is 1.51. The Labute approximate surface area is 237 Å². The molecule has 0 amide bonds. The number of aryl methyl sites for hydroxylation is 6. The third-order valence-corrected chi connectivity index (χ3v) is 14.1. The number of rotatable bonds is 5. The van der Waals surface area contributed by atoms with Gasteiger partial charge in [-0.3, -0.25) is 0 Å². The van der Waals surface area contributed by atoms with Gasteiger partial charge in [0.05, 0.1) is 0 Å². The molecule has 0 aliphatic carbocycles. The second kappa shape index (κ2) is 9.50. The minimum absolute atomic E-state index is 1.37. The molecule has 182 valence electrons. The Balaban J connectivity index is 1.31. The van der Waals surface area contributed by atoms with Crippen LogP contribution in [0.15, 0.2) is 48.5 Å². The van der Waals surface area contributed by atoms with E-state index < -0.39 is 0 Å². The van der Waals surface area contributed by atoms with Crippen molar-refractivity contribution in [1.82, 2.24) is 0 Å². The molecule has 0 aliphatic rings. The SMILES string of the molecule is Cc1cc(C)c(-c2ccc(-c3sc(-c4cc(C)c(-c5ccc(-c6sc(C)cc6C)s5)s4)cc3C)s2)s1. The highest BCUT2D eigenvalue weighted by atomic mass is 32.1. The van der Waals surface area contributed by atoms with Gasteiger partial charge in [-0.25, -0.2) is 0 Å². The summed E-state index contributed by atoms with van der Waals surface area (Å²) in [6, 6.07) is 18.6. The third-order valence-electron chi connectivity index (χ3n) is 6.27. The van der Waals surface area contributed by atoms with Crippen LogP contribution in [0.3, 0.4) is 0 Å². The van der Waals surface area contributed by atoms with Gasteiger partial charge in [0.1, 0.15) is 0 Å². The van der Waals surface area contributed by atoms with Crippen molar-refractivity contribution < 1.29 is 0 Å². The first-order valence-corrected chi connectivity index (χ1v) is 16.7. The fraction of sp³-hybridized carbons (Fsp3) is 0.200. The topological polar surface area (TPSA) is 0 Å². The summed E-state index contributed by atoms with van der Waals surface area (Å²) >= 11 is 11.5. The van der Waals surface area contributed by atoms with Gasteiger partial charge in [0.2, 0.25) is 0 Å². The smallest absolute Gasteiger partial charge is 0.0478 e. The molecule has 0 bridgehead atoms. The molecular formula is C30H26S6. The lowest BCUT2D eigenvalue weighted by Gasteiger charge is -1.96. The van der Waals surface area contributed by atoms with Gasteiger partial charge in [0, 0.05) is 58.5 Å². The summed E-state index contributed by atoms with van der Waals surface area (Å²) in [5.41, 5.74) is 5.52. The Morgan fingerprint density at radius 2 is 0.639 bits per heavy atom. The fourth-order valence-corrected chi connectivity index (χ4v) is 11.8. The van der Waals surface area contributed by atoms with Crippen molar-refractivity contribution >= 4 is 68.0 Å². The molecule has 6 heterocycles. The Morgan fingerprint density at radius 1 is 0.333 bits per heavy atom. The summed E-state index contributed by atoms with van der Waals surface area (Å²) in [4.78, 5) is 16.7. The van der Waals surface area contributed by atoms with Gasteiger partial charge in [0.15, 0.2) is 0 Å². The minimum atomic E-state index is 1.37. The van der Waals surface area contributed by atoms with Crippen LogP contribution in [0.5, 0.6) is 0 Å². The monoisotopic (exact) mass is 578 g/mol. The zero-order chi connectivity index (χ0) is 25.1. The molecule has 6 rings (SSSR count). The van der Waals surface area contributed by atoms with E-state index in [-0.39, 0.29) is 0 Å². The number of thiophene rings is 6. The van der Waals surface area contributed by atoms with Crippen LogP contribution >= 0.6 is 68.0 Å². The van der Waals surface area contributed by atoms with Gasteiger partial charge in [-0.05, 0) is 112 Å². The van der Waals surface area contributed by atoms with Crippen molar-refractivity contribution in [2.24, 2.45) is 0 Å². The van der Waals surface area contributed by atoms with Gasteiger partial charge in [-0.1, -0.05) is 0 Å². The second-order valence-corrected chi connectivity index (χ2v) is 16.1. The number of hydrogen-bond donors (Lipinski definition) is 0. The summed E-state index contributed by atoms with van der Waals surface area (Å²) in [7, 11) is 0. The molecular weight excluding hydrogens is 553 g/mol. The van der Waals surface area contributed by atoms with E-state index in [2.05, 4.69) is 90.1 Å². The Kier molecular flexibility index (Phi) is 6.47. The lowest BCUT2D eigenvalue weighted by Crippen LogP contribution is -1.68. The Bertz CT molecular complexity index is 1580. The van der Waals surface area contributed by atoms with E-state index in [4.69, 9.17) is 0 Å². The van der Waals surface area contributed by atoms with E-state index in [1.54, 1.807) is 0 Å². The average Bonchev–Trinajstić information content (AvgIpc) is 3.63. The van der Waals surface area contributed by atoms with E-state index >= 15 is 0 Å². The summed E-state index contributed by atoms with van der Waals surface area (Å²) < 4.78 is 0. The first-order valence-electron chi connectivity index (χ1n) is 11.8. The maximum Gasteiger partial charge on any atom is 0.0478 e. The normalized spacial score (nSPS) is 11.6. The molecule has 6 heteroatoms. The standard InChI is InChI=1S/C30H26S6/c1-15-11-19(5)31-27(15)21-7-9-23(33-21)29-17(3)13-25(35-29)26-14-18(4)30(36-26)24-10-8-22(34-24)28-16(2)12-20(6)32-28/h7-14H,1-6H3. The summed E-state index contributed by atoms with van der Waals surface area (Å²) in [5, 5.41) is 0. The van der Waals surface area contributed by atoms with Crippen LogP contribution in [0.1, 0.15) is 32.0 Å². The van der Waals surface area contributed by atoms with E-state index in [1.165, 1.54) is 80.8 Å². The Hall–Kier alpha value is -1.80. The molecule has 0 unspecified atom stereocenters. The quantitative estimate of drug-likeness (QED) is 0.191. The van der Waals surface area contributed by atoms with Crippen molar-refractivity contribution in [2.75, 3.05) is 0 Å². The van der Waals surface area contributed by atoms with Gasteiger partial charge in [-0.15, -0.1) is 68.0 Å². The molecule has 0 saturated carbocycles. The van der Waals surface area contributed by atoms with Crippen LogP contribution in [-0.4, -0.2) is 0 Å². The molecule has 0 N–H and O–H groups in total. The molecule has 6 aromatic rings. The lowest BCUT2D eigenvalue weighted by atomic mass is 10.2. The van der Waals surface area contributed by atoms with Crippen molar-refractivity contribution in [3.63, 3.8) is 0 Å². The van der Waals surface area contributed by atoms with Crippen molar-refractivity contribution in [1.29, 1.82) is 0 Å². The molecule has 0 atom stereocenters. The van der Waals surface area contributed by atoms with Crippen LogP contribution in [0.2, 0.25) is 0 Å². The van der Waals surface area contributed by atoms with Crippen LogP contribution in [0.25, 0.3) is 48.8 Å². The maximum absolute atomic E-state index is 2.38. The molecule has 0 radical (unpaired) electrons. The van der Waals surface area contributed by atoms with E-state index in [9.17, 15) is 0 Å². The highest BCUT2D eigenvalue weighted by molar-refractivity contribution is 7.30. The Morgan fingerprint density at radius 3 is 0.944 bits per heavy atom. The molecule has 36 heavy (non-hydrogen) atoms. The second-order valence-electron chi connectivity index (χ2n) is 9.31. The zero-order valence-corrected chi connectivity index (χ0v) is 26.0. The largest absolute Gasteiger partial charge is 0.139 e. The maximum atomic E-state index is 2.38. The van der Waals surface area contributed by atoms with E-state index in [0.717, 1.165) is 0 Å². The molecule has 0 spiro atoms. The van der Waals surface area contributed by atoms with Crippen LogP contribution in [-0.2, 0) is 0 Å². The highest BCUT2D eigenvalue weighted by Gasteiger charge is 2.18. The predicted molar refractivity (Wildman–Crippen MR) is 169 cm³/mol. The minimum Gasteiger partial charge on any atom is -0.139 e. The highest BCUT2D eigenvalue weighted by Crippen LogP contribution is 2.48.